The fourth-order valence-electron chi connectivity index (χ4n) is 1.21. The summed E-state index contributed by atoms with van der Waals surface area (Å²) >= 11 is 0. The van der Waals surface area contributed by atoms with E-state index < -0.39 is 12.0 Å². The van der Waals surface area contributed by atoms with Crippen LogP contribution >= 0.6 is 0 Å². The van der Waals surface area contributed by atoms with Gasteiger partial charge in [0, 0.05) is 5.69 Å². The third kappa shape index (κ3) is 2.43. The molecule has 0 radical (unpaired) electrons. The number of carbonyl (C=O) groups is 1. The van der Waals surface area contributed by atoms with Gasteiger partial charge in [0.25, 0.3) is 0 Å². The normalized spacial score (nSPS) is 12.4. The maximum atomic E-state index is 12.3. The van der Waals surface area contributed by atoms with E-state index in [0.29, 0.717) is 11.3 Å². The summed E-state index contributed by atoms with van der Waals surface area (Å²) in [6.45, 7) is 0. The molecule has 0 amide bonds. The van der Waals surface area contributed by atoms with Gasteiger partial charge in [-0.05, 0) is 11.6 Å². The number of para-hydroxylation sites is 1. The fraction of sp³-hybridized carbons (Fsp3) is 0.222. The highest BCUT2D eigenvalue weighted by Gasteiger charge is 2.16. The molecule has 1 aromatic rings. The number of benzene rings is 1. The third-order valence-electron chi connectivity index (χ3n) is 1.88. The molecule has 5 heteroatoms. The Bertz CT molecular complexity index is 330. The molecule has 4 nitrogen and oxygen atoms in total. The van der Waals surface area contributed by atoms with Crippen LogP contribution in [0.15, 0.2) is 24.3 Å². The minimum Gasteiger partial charge on any atom is -0.481 e. The third-order valence-corrected chi connectivity index (χ3v) is 1.88. The van der Waals surface area contributed by atoms with Gasteiger partial charge in [0.05, 0.1) is 12.5 Å². The van der Waals surface area contributed by atoms with Gasteiger partial charge in [-0.25, -0.2) is 0 Å². The monoisotopic (exact) mass is 198 g/mol. The number of carboxylic acid groups (broad SMARTS) is 1. The van der Waals surface area contributed by atoms with E-state index in [1.807, 2.05) is 0 Å². The lowest BCUT2D eigenvalue weighted by Gasteiger charge is -2.13. The van der Waals surface area contributed by atoms with Gasteiger partial charge < -0.3 is 10.8 Å². The molecule has 1 atom stereocenters. The van der Waals surface area contributed by atoms with Crippen molar-refractivity contribution in [2.45, 2.75) is 12.5 Å². The van der Waals surface area contributed by atoms with Crippen LogP contribution in [-0.4, -0.2) is 11.1 Å². The summed E-state index contributed by atoms with van der Waals surface area (Å²) in [4.78, 5) is 10.4. The molecule has 0 aliphatic heterocycles. The number of nitrogen functional groups attached to an aromatic ring is 1. The van der Waals surface area contributed by atoms with Crippen molar-refractivity contribution in [3.8, 4) is 0 Å². The molecule has 0 heterocycles. The van der Waals surface area contributed by atoms with Crippen molar-refractivity contribution in [1.29, 1.82) is 0 Å². The van der Waals surface area contributed by atoms with Crippen molar-refractivity contribution in [3.63, 3.8) is 0 Å². The molecule has 0 aliphatic carbocycles. The molecule has 0 aliphatic rings. The average molecular weight is 198 g/mol. The molecular weight excluding hydrogens is 187 g/mol. The first-order valence-electron chi connectivity index (χ1n) is 4.07. The van der Waals surface area contributed by atoms with Gasteiger partial charge >= 0.3 is 5.97 Å². The van der Waals surface area contributed by atoms with Gasteiger partial charge in [-0.3, -0.25) is 4.79 Å². The van der Waals surface area contributed by atoms with Crippen molar-refractivity contribution < 1.29 is 14.4 Å². The van der Waals surface area contributed by atoms with Crippen molar-refractivity contribution in [3.05, 3.63) is 29.8 Å². The SMILES string of the molecule is Nc1ccccc1C(CC(=O)O)NF. The first-order chi connectivity index (χ1) is 6.65. The number of nitrogens with two attached hydrogens (primary N) is 1. The zero-order chi connectivity index (χ0) is 10.6. The van der Waals surface area contributed by atoms with Crippen molar-refractivity contribution in [2.75, 3.05) is 5.73 Å². The Labute approximate surface area is 80.5 Å². The van der Waals surface area contributed by atoms with E-state index in [-0.39, 0.29) is 6.42 Å². The predicted molar refractivity (Wildman–Crippen MR) is 50.1 cm³/mol. The molecule has 0 fully saturated rings. The molecular formula is C9H11FN2O2. The van der Waals surface area contributed by atoms with Crippen molar-refractivity contribution in [1.82, 2.24) is 5.54 Å². The highest BCUT2D eigenvalue weighted by atomic mass is 19.2. The van der Waals surface area contributed by atoms with Crippen LogP contribution in [0.2, 0.25) is 0 Å². The lowest BCUT2D eigenvalue weighted by Crippen LogP contribution is -2.17. The number of hydrogen-bond acceptors (Lipinski definition) is 3. The summed E-state index contributed by atoms with van der Waals surface area (Å²) in [7, 11) is 0. The van der Waals surface area contributed by atoms with E-state index in [4.69, 9.17) is 10.8 Å². The van der Waals surface area contributed by atoms with E-state index in [2.05, 4.69) is 0 Å². The molecule has 0 saturated carbocycles. The maximum Gasteiger partial charge on any atom is 0.305 e. The number of hydrogen-bond donors (Lipinski definition) is 3. The van der Waals surface area contributed by atoms with Crippen LogP contribution in [0.25, 0.3) is 0 Å². The van der Waals surface area contributed by atoms with E-state index in [1.165, 1.54) is 5.54 Å². The summed E-state index contributed by atoms with van der Waals surface area (Å²) in [6.07, 6.45) is -0.343. The van der Waals surface area contributed by atoms with Gasteiger partial charge in [0.2, 0.25) is 0 Å². The summed E-state index contributed by atoms with van der Waals surface area (Å²) in [5, 5.41) is 8.52. The Morgan fingerprint density at radius 1 is 1.57 bits per heavy atom. The lowest BCUT2D eigenvalue weighted by molar-refractivity contribution is -0.138. The number of carboxylic acids is 1. The molecule has 4 N–H and O–H groups in total. The molecule has 1 aromatic carbocycles. The van der Waals surface area contributed by atoms with Gasteiger partial charge in [0.15, 0.2) is 0 Å². The second kappa shape index (κ2) is 4.57. The number of aliphatic carboxylic acids is 1. The molecule has 1 unspecified atom stereocenters. The second-order valence-electron chi connectivity index (χ2n) is 2.89. The Morgan fingerprint density at radius 2 is 2.21 bits per heavy atom. The van der Waals surface area contributed by atoms with E-state index in [1.54, 1.807) is 24.3 Å². The molecule has 0 aromatic heterocycles. The van der Waals surface area contributed by atoms with Gasteiger partial charge in [0.1, 0.15) is 0 Å². The Morgan fingerprint density at radius 3 is 2.71 bits per heavy atom. The Hall–Kier alpha value is -1.62. The minimum atomic E-state index is -1.08. The first-order valence-corrected chi connectivity index (χ1v) is 4.07. The highest BCUT2D eigenvalue weighted by Crippen LogP contribution is 2.22. The van der Waals surface area contributed by atoms with Crippen LogP contribution in [0.5, 0.6) is 0 Å². The van der Waals surface area contributed by atoms with Crippen LogP contribution in [-0.2, 0) is 4.79 Å². The summed E-state index contributed by atoms with van der Waals surface area (Å²) in [6, 6.07) is 5.68. The standard InChI is InChI=1S/C9H11FN2O2/c10-12-8(5-9(13)14)6-3-1-2-4-7(6)11/h1-4,8,12H,5,11H2,(H,13,14). The van der Waals surface area contributed by atoms with Crippen molar-refractivity contribution in [2.24, 2.45) is 0 Å². The number of nitrogens with one attached hydrogen (secondary N) is 1. The smallest absolute Gasteiger partial charge is 0.305 e. The average Bonchev–Trinajstić information content (AvgIpc) is 2.15. The zero-order valence-electron chi connectivity index (χ0n) is 7.40. The summed E-state index contributed by atoms with van der Waals surface area (Å²) in [5.74, 6) is -1.08. The van der Waals surface area contributed by atoms with Crippen LogP contribution in [0.3, 0.4) is 0 Å². The molecule has 1 rings (SSSR count). The molecule has 0 saturated heterocycles. The van der Waals surface area contributed by atoms with E-state index in [0.717, 1.165) is 0 Å². The van der Waals surface area contributed by atoms with Gasteiger partial charge in [-0.2, -0.15) is 5.54 Å². The highest BCUT2D eigenvalue weighted by molar-refractivity contribution is 5.68. The largest absolute Gasteiger partial charge is 0.481 e. The Balaban J connectivity index is 2.89. The van der Waals surface area contributed by atoms with Crippen LogP contribution in [0, 0.1) is 0 Å². The molecule has 0 bridgehead atoms. The van der Waals surface area contributed by atoms with Gasteiger partial charge in [-0.15, -0.1) is 4.48 Å². The fourth-order valence-corrected chi connectivity index (χ4v) is 1.21. The van der Waals surface area contributed by atoms with Crippen LogP contribution < -0.4 is 11.3 Å². The molecule has 14 heavy (non-hydrogen) atoms. The quantitative estimate of drug-likeness (QED) is 0.503. The van der Waals surface area contributed by atoms with Crippen LogP contribution in [0.4, 0.5) is 10.2 Å². The van der Waals surface area contributed by atoms with E-state index in [9.17, 15) is 9.28 Å². The second-order valence-corrected chi connectivity index (χ2v) is 2.89. The topological polar surface area (TPSA) is 75.4 Å². The summed E-state index contributed by atoms with van der Waals surface area (Å²) in [5.41, 5.74) is 7.84. The number of rotatable bonds is 4. The zero-order valence-corrected chi connectivity index (χ0v) is 7.40. The number of anilines is 1. The van der Waals surface area contributed by atoms with Crippen LogP contribution in [0.1, 0.15) is 18.0 Å². The van der Waals surface area contributed by atoms with E-state index >= 15 is 0 Å². The molecule has 0 spiro atoms. The first kappa shape index (κ1) is 10.5. The summed E-state index contributed by atoms with van der Waals surface area (Å²) < 4.78 is 12.3. The van der Waals surface area contributed by atoms with Gasteiger partial charge in [-0.1, -0.05) is 18.2 Å². The Kier molecular flexibility index (Phi) is 3.41. The lowest BCUT2D eigenvalue weighted by atomic mass is 10.0. The minimum absolute atomic E-state index is 0.343. The number of halogens is 1. The maximum absolute atomic E-state index is 12.3. The van der Waals surface area contributed by atoms with Crippen molar-refractivity contribution >= 4 is 11.7 Å². The molecule has 76 valence electrons. The predicted octanol–water partition coefficient (Wildman–Crippen LogP) is 1.26.